The van der Waals surface area contributed by atoms with Gasteiger partial charge in [-0.1, -0.05) is 71.1 Å². The fourth-order valence-electron chi connectivity index (χ4n) is 2.25. The lowest BCUT2D eigenvalue weighted by Gasteiger charge is -2.08. The van der Waals surface area contributed by atoms with Gasteiger partial charge in [-0.2, -0.15) is 0 Å². The smallest absolute Gasteiger partial charge is 0.0894 e. The van der Waals surface area contributed by atoms with Gasteiger partial charge in [0.15, 0.2) is 0 Å². The molecule has 1 atom stereocenters. The van der Waals surface area contributed by atoms with Crippen molar-refractivity contribution in [1.82, 2.24) is 5.32 Å². The average molecular weight is 273 g/mol. The predicted molar refractivity (Wildman–Crippen MR) is 82.4 cm³/mol. The maximum absolute atomic E-state index is 9.12. The molecule has 0 spiro atoms. The Labute approximate surface area is 119 Å². The van der Waals surface area contributed by atoms with Crippen molar-refractivity contribution < 1.29 is 10.2 Å². The van der Waals surface area contributed by atoms with Crippen molar-refractivity contribution in [2.45, 2.75) is 83.7 Å². The van der Waals surface area contributed by atoms with Crippen molar-refractivity contribution in [1.29, 1.82) is 0 Å². The Bertz CT molecular complexity index is 165. The van der Waals surface area contributed by atoms with E-state index in [4.69, 9.17) is 10.2 Å². The lowest BCUT2D eigenvalue weighted by atomic mass is 10.1. The largest absolute Gasteiger partial charge is 0.394 e. The van der Waals surface area contributed by atoms with Crippen LogP contribution in [0.4, 0.5) is 0 Å². The Kier molecular flexibility index (Phi) is 15.8. The van der Waals surface area contributed by atoms with E-state index in [0.717, 1.165) is 6.54 Å². The van der Waals surface area contributed by atoms with Gasteiger partial charge in [0.1, 0.15) is 0 Å². The van der Waals surface area contributed by atoms with Crippen molar-refractivity contribution in [2.75, 3.05) is 19.7 Å². The maximum Gasteiger partial charge on any atom is 0.0894 e. The normalized spacial score (nSPS) is 12.8. The highest BCUT2D eigenvalue weighted by Crippen LogP contribution is 2.10. The number of aliphatic hydroxyl groups is 2. The third kappa shape index (κ3) is 15.8. The van der Waals surface area contributed by atoms with Gasteiger partial charge in [-0.05, 0) is 13.0 Å². The topological polar surface area (TPSA) is 52.5 Å². The van der Waals surface area contributed by atoms with Crippen LogP contribution in [0.2, 0.25) is 0 Å². The molecule has 0 aliphatic carbocycles. The number of aliphatic hydroxyl groups excluding tert-OH is 2. The fourth-order valence-corrected chi connectivity index (χ4v) is 2.25. The Balaban J connectivity index is 2.95. The van der Waals surface area contributed by atoms with Crippen LogP contribution in [0, 0.1) is 0 Å². The van der Waals surface area contributed by atoms with Crippen LogP contribution in [0.3, 0.4) is 0 Å². The molecule has 0 radical (unpaired) electrons. The summed E-state index contributed by atoms with van der Waals surface area (Å²) in [6.07, 6.45) is 14.3. The predicted octanol–water partition coefficient (Wildman–Crippen LogP) is 3.24. The minimum atomic E-state index is -0.604. The standard InChI is InChI=1S/C16H35NO2/c1-2-3-4-5-6-7-8-9-10-11-12-13-17-14-16(19)15-18/h16-19H,2-15H2,1H3. The van der Waals surface area contributed by atoms with E-state index in [-0.39, 0.29) is 6.61 Å². The quantitative estimate of drug-likeness (QED) is 0.401. The van der Waals surface area contributed by atoms with Crippen LogP contribution in [-0.4, -0.2) is 36.0 Å². The molecule has 3 heteroatoms. The zero-order valence-corrected chi connectivity index (χ0v) is 12.9. The fraction of sp³-hybridized carbons (Fsp3) is 1.00. The van der Waals surface area contributed by atoms with Crippen molar-refractivity contribution in [3.05, 3.63) is 0 Å². The second-order valence-electron chi connectivity index (χ2n) is 5.58. The highest BCUT2D eigenvalue weighted by atomic mass is 16.3. The summed E-state index contributed by atoms with van der Waals surface area (Å²) in [5, 5.41) is 20.9. The molecule has 0 aliphatic heterocycles. The molecule has 3 nitrogen and oxygen atoms in total. The van der Waals surface area contributed by atoms with E-state index in [0.29, 0.717) is 6.54 Å². The molecule has 0 aromatic carbocycles. The number of hydrogen-bond acceptors (Lipinski definition) is 3. The maximum atomic E-state index is 9.12. The SMILES string of the molecule is CCCCCCCCCCCCCNCC(O)CO. The van der Waals surface area contributed by atoms with Gasteiger partial charge in [0.25, 0.3) is 0 Å². The average Bonchev–Trinajstić information content (AvgIpc) is 2.43. The number of hydrogen-bond donors (Lipinski definition) is 3. The van der Waals surface area contributed by atoms with Gasteiger partial charge in [0, 0.05) is 6.54 Å². The van der Waals surface area contributed by atoms with E-state index in [2.05, 4.69) is 12.2 Å². The van der Waals surface area contributed by atoms with Gasteiger partial charge in [-0.15, -0.1) is 0 Å². The number of rotatable bonds is 15. The van der Waals surface area contributed by atoms with E-state index in [9.17, 15) is 0 Å². The molecule has 0 fully saturated rings. The number of unbranched alkanes of at least 4 members (excludes halogenated alkanes) is 10. The molecular formula is C16H35NO2. The van der Waals surface area contributed by atoms with E-state index < -0.39 is 6.10 Å². The summed E-state index contributed by atoms with van der Waals surface area (Å²) >= 11 is 0. The molecule has 116 valence electrons. The van der Waals surface area contributed by atoms with Gasteiger partial charge in [-0.3, -0.25) is 0 Å². The zero-order valence-electron chi connectivity index (χ0n) is 12.9. The molecule has 0 saturated carbocycles. The van der Waals surface area contributed by atoms with Gasteiger partial charge in [-0.25, -0.2) is 0 Å². The minimum absolute atomic E-state index is 0.148. The van der Waals surface area contributed by atoms with Crippen LogP contribution in [0.25, 0.3) is 0 Å². The second-order valence-corrected chi connectivity index (χ2v) is 5.58. The monoisotopic (exact) mass is 273 g/mol. The molecule has 0 amide bonds. The molecule has 0 aromatic rings. The molecular weight excluding hydrogens is 238 g/mol. The van der Waals surface area contributed by atoms with Gasteiger partial charge < -0.3 is 15.5 Å². The van der Waals surface area contributed by atoms with Crippen molar-refractivity contribution in [3.8, 4) is 0 Å². The summed E-state index contributed by atoms with van der Waals surface area (Å²) in [5.41, 5.74) is 0. The summed E-state index contributed by atoms with van der Waals surface area (Å²) in [6.45, 7) is 3.58. The van der Waals surface area contributed by atoms with Crippen LogP contribution in [-0.2, 0) is 0 Å². The Morgan fingerprint density at radius 1 is 0.789 bits per heavy atom. The van der Waals surface area contributed by atoms with Crippen LogP contribution in [0.5, 0.6) is 0 Å². The first kappa shape index (κ1) is 18.9. The summed E-state index contributed by atoms with van der Waals surface area (Å²) in [6, 6.07) is 0. The van der Waals surface area contributed by atoms with Gasteiger partial charge >= 0.3 is 0 Å². The second kappa shape index (κ2) is 15.9. The molecule has 0 bridgehead atoms. The zero-order chi connectivity index (χ0) is 14.2. The third-order valence-electron chi connectivity index (χ3n) is 3.55. The van der Waals surface area contributed by atoms with E-state index in [1.807, 2.05) is 0 Å². The van der Waals surface area contributed by atoms with Crippen LogP contribution in [0.15, 0.2) is 0 Å². The Morgan fingerprint density at radius 2 is 1.26 bits per heavy atom. The van der Waals surface area contributed by atoms with Crippen LogP contribution >= 0.6 is 0 Å². The Morgan fingerprint density at radius 3 is 1.74 bits per heavy atom. The van der Waals surface area contributed by atoms with Crippen LogP contribution < -0.4 is 5.32 Å². The highest BCUT2D eigenvalue weighted by molar-refractivity contribution is 4.57. The molecule has 3 N–H and O–H groups in total. The minimum Gasteiger partial charge on any atom is -0.394 e. The van der Waals surface area contributed by atoms with E-state index >= 15 is 0 Å². The van der Waals surface area contributed by atoms with E-state index in [1.54, 1.807) is 0 Å². The van der Waals surface area contributed by atoms with Crippen molar-refractivity contribution in [2.24, 2.45) is 0 Å². The van der Waals surface area contributed by atoms with Gasteiger partial charge in [0.05, 0.1) is 12.7 Å². The summed E-state index contributed by atoms with van der Waals surface area (Å²) < 4.78 is 0. The first-order valence-corrected chi connectivity index (χ1v) is 8.31. The first-order valence-electron chi connectivity index (χ1n) is 8.31. The highest BCUT2D eigenvalue weighted by Gasteiger charge is 1.99. The molecule has 0 heterocycles. The summed E-state index contributed by atoms with van der Waals surface area (Å²) in [4.78, 5) is 0. The summed E-state index contributed by atoms with van der Waals surface area (Å²) in [7, 11) is 0. The molecule has 0 aliphatic rings. The summed E-state index contributed by atoms with van der Waals surface area (Å²) in [5.74, 6) is 0. The van der Waals surface area contributed by atoms with Crippen LogP contribution in [0.1, 0.15) is 77.6 Å². The lowest BCUT2D eigenvalue weighted by molar-refractivity contribution is 0.0945. The molecule has 0 rings (SSSR count). The molecule has 0 aromatic heterocycles. The molecule has 0 saturated heterocycles. The lowest BCUT2D eigenvalue weighted by Crippen LogP contribution is -2.29. The van der Waals surface area contributed by atoms with Crippen molar-refractivity contribution >= 4 is 0 Å². The molecule has 19 heavy (non-hydrogen) atoms. The third-order valence-corrected chi connectivity index (χ3v) is 3.55. The molecule has 1 unspecified atom stereocenters. The first-order chi connectivity index (χ1) is 9.31. The number of nitrogens with one attached hydrogen (secondary N) is 1. The Hall–Kier alpha value is -0.120. The van der Waals surface area contributed by atoms with Crippen molar-refractivity contribution in [3.63, 3.8) is 0 Å². The van der Waals surface area contributed by atoms with Gasteiger partial charge in [0.2, 0.25) is 0 Å². The van der Waals surface area contributed by atoms with E-state index in [1.165, 1.54) is 70.6 Å².